The van der Waals surface area contributed by atoms with Crippen molar-refractivity contribution < 1.29 is 9.37 Å². The number of aromatic nitrogens is 2. The summed E-state index contributed by atoms with van der Waals surface area (Å²) in [5.41, 5.74) is 7.99. The fourth-order valence-corrected chi connectivity index (χ4v) is 3.02. The molecule has 0 saturated heterocycles. The monoisotopic (exact) mass is 357 g/mol. The van der Waals surface area contributed by atoms with Crippen molar-refractivity contribution in [2.45, 2.75) is 44.9 Å². The van der Waals surface area contributed by atoms with Gasteiger partial charge in [-0.3, -0.25) is 4.99 Å². The van der Waals surface area contributed by atoms with Crippen LogP contribution in [0.15, 0.2) is 33.9 Å². The van der Waals surface area contributed by atoms with E-state index in [0.717, 1.165) is 25.1 Å². The molecule has 140 valence electrons. The molecule has 0 amide bonds. The quantitative estimate of drug-likeness (QED) is 0.734. The number of hydrogen-bond donors (Lipinski definition) is 2. The number of rotatable bonds is 7. The second-order valence-corrected chi connectivity index (χ2v) is 6.50. The Morgan fingerprint density at radius 3 is 2.88 bits per heavy atom. The predicted molar refractivity (Wildman–Crippen MR) is 103 cm³/mol. The highest BCUT2D eigenvalue weighted by molar-refractivity contribution is 6.00. The maximum Gasteiger partial charge on any atom is 0.215 e. The Balaban J connectivity index is 1.48. The van der Waals surface area contributed by atoms with E-state index in [-0.39, 0.29) is 5.82 Å². The summed E-state index contributed by atoms with van der Waals surface area (Å²) in [5, 5.41) is 10.3. The topological polar surface area (TPSA) is 98.6 Å². The van der Waals surface area contributed by atoms with Gasteiger partial charge in [-0.2, -0.15) is 0 Å². The number of nitrogen functional groups attached to an aromatic ring is 1. The Morgan fingerprint density at radius 2 is 2.00 bits per heavy atom. The smallest absolute Gasteiger partial charge is 0.215 e. The van der Waals surface area contributed by atoms with Gasteiger partial charge in [0.1, 0.15) is 5.75 Å². The zero-order valence-corrected chi connectivity index (χ0v) is 15.1. The third-order valence-electron chi connectivity index (χ3n) is 4.44. The van der Waals surface area contributed by atoms with E-state index in [9.17, 15) is 0 Å². The number of aliphatic imine (C=N–C) groups is 1. The predicted octanol–water partition coefficient (Wildman–Crippen LogP) is 3.68. The molecule has 0 aliphatic carbocycles. The highest BCUT2D eigenvalue weighted by Crippen LogP contribution is 2.19. The van der Waals surface area contributed by atoms with E-state index in [2.05, 4.69) is 32.4 Å². The molecule has 0 unspecified atom stereocenters. The maximum absolute atomic E-state index is 5.88. The van der Waals surface area contributed by atoms with E-state index in [4.69, 9.17) is 15.5 Å². The van der Waals surface area contributed by atoms with Crippen LogP contribution in [0.1, 0.15) is 50.5 Å². The Labute approximate surface area is 154 Å². The van der Waals surface area contributed by atoms with Gasteiger partial charge in [0.2, 0.25) is 11.6 Å². The number of hydrogen-bond acceptors (Lipinski definition) is 7. The molecule has 0 radical (unpaired) electrons. The minimum absolute atomic E-state index is 0.273. The zero-order valence-electron chi connectivity index (χ0n) is 15.1. The van der Waals surface area contributed by atoms with Crippen molar-refractivity contribution in [2.24, 2.45) is 4.99 Å². The molecule has 3 rings (SSSR count). The van der Waals surface area contributed by atoms with Crippen molar-refractivity contribution in [1.29, 1.82) is 0 Å². The van der Waals surface area contributed by atoms with Gasteiger partial charge in [0.25, 0.3) is 0 Å². The standard InChI is InChI=1S/C19H27N5O2/c20-18-19(24-26-23-18)22-12-7-13-25-16-9-6-8-15(14-16)17-10-4-2-1-3-5-11-21-17/h6,8-9,14H,1-5,7,10-13H2,(H2,20,23)(H,22,24). The van der Waals surface area contributed by atoms with Crippen molar-refractivity contribution in [2.75, 3.05) is 30.7 Å². The molecule has 7 heteroatoms. The first-order chi connectivity index (χ1) is 12.8. The first-order valence-corrected chi connectivity index (χ1v) is 9.41. The van der Waals surface area contributed by atoms with Crippen LogP contribution in [-0.4, -0.2) is 35.7 Å². The van der Waals surface area contributed by atoms with Crippen LogP contribution < -0.4 is 15.8 Å². The molecule has 1 aromatic carbocycles. The molecule has 0 atom stereocenters. The molecule has 1 aliphatic heterocycles. The average molecular weight is 357 g/mol. The normalized spacial score (nSPS) is 15.5. The Bertz CT molecular complexity index is 713. The number of nitrogens with zero attached hydrogens (tertiary/aromatic N) is 3. The van der Waals surface area contributed by atoms with Gasteiger partial charge < -0.3 is 15.8 Å². The molecule has 2 heterocycles. The first-order valence-electron chi connectivity index (χ1n) is 9.41. The van der Waals surface area contributed by atoms with Crippen molar-refractivity contribution in [3.8, 4) is 5.75 Å². The second kappa shape index (κ2) is 9.79. The van der Waals surface area contributed by atoms with E-state index in [1.807, 2.05) is 12.1 Å². The largest absolute Gasteiger partial charge is 0.494 e. The van der Waals surface area contributed by atoms with Crippen LogP contribution in [0.3, 0.4) is 0 Å². The lowest BCUT2D eigenvalue weighted by atomic mass is 10.0. The van der Waals surface area contributed by atoms with Crippen molar-refractivity contribution >= 4 is 17.3 Å². The van der Waals surface area contributed by atoms with Gasteiger partial charge in [-0.15, -0.1) is 0 Å². The van der Waals surface area contributed by atoms with Gasteiger partial charge in [-0.1, -0.05) is 31.4 Å². The summed E-state index contributed by atoms with van der Waals surface area (Å²) < 4.78 is 10.4. The first kappa shape index (κ1) is 18.2. The summed E-state index contributed by atoms with van der Waals surface area (Å²) in [4.78, 5) is 4.82. The minimum Gasteiger partial charge on any atom is -0.494 e. The van der Waals surface area contributed by atoms with Crippen molar-refractivity contribution in [3.05, 3.63) is 29.8 Å². The Hall–Kier alpha value is -2.57. The third kappa shape index (κ3) is 5.47. The van der Waals surface area contributed by atoms with Crippen LogP contribution in [0.25, 0.3) is 0 Å². The van der Waals surface area contributed by atoms with Crippen LogP contribution in [-0.2, 0) is 0 Å². The number of nitrogens with two attached hydrogens (primary N) is 1. The van der Waals surface area contributed by atoms with Crippen LogP contribution >= 0.6 is 0 Å². The van der Waals surface area contributed by atoms with Crippen molar-refractivity contribution in [1.82, 2.24) is 10.3 Å². The molecule has 3 N–H and O–H groups in total. The Kier molecular flexibility index (Phi) is 6.87. The Morgan fingerprint density at radius 1 is 1.12 bits per heavy atom. The molecule has 0 saturated carbocycles. The molecular weight excluding hydrogens is 330 g/mol. The molecule has 1 aromatic heterocycles. The van der Waals surface area contributed by atoms with Crippen LogP contribution in [0.5, 0.6) is 5.75 Å². The molecule has 26 heavy (non-hydrogen) atoms. The number of ether oxygens (including phenoxy) is 1. The van der Waals surface area contributed by atoms with Gasteiger partial charge in [-0.25, -0.2) is 4.63 Å². The van der Waals surface area contributed by atoms with E-state index >= 15 is 0 Å². The lowest BCUT2D eigenvalue weighted by Gasteiger charge is -2.10. The van der Waals surface area contributed by atoms with E-state index in [1.54, 1.807) is 0 Å². The molecule has 7 nitrogen and oxygen atoms in total. The second-order valence-electron chi connectivity index (χ2n) is 6.50. The lowest BCUT2D eigenvalue weighted by Crippen LogP contribution is -2.09. The van der Waals surface area contributed by atoms with Gasteiger partial charge >= 0.3 is 0 Å². The lowest BCUT2D eigenvalue weighted by molar-refractivity contribution is 0.308. The van der Waals surface area contributed by atoms with Gasteiger partial charge in [-0.05, 0) is 53.7 Å². The zero-order chi connectivity index (χ0) is 18.0. The fourth-order valence-electron chi connectivity index (χ4n) is 3.02. The van der Waals surface area contributed by atoms with Crippen LogP contribution in [0.4, 0.5) is 11.6 Å². The van der Waals surface area contributed by atoms with E-state index in [0.29, 0.717) is 19.0 Å². The highest BCUT2D eigenvalue weighted by Gasteiger charge is 2.08. The van der Waals surface area contributed by atoms with E-state index < -0.39 is 0 Å². The van der Waals surface area contributed by atoms with E-state index in [1.165, 1.54) is 43.4 Å². The summed E-state index contributed by atoms with van der Waals surface area (Å²) in [6, 6.07) is 8.27. The van der Waals surface area contributed by atoms with Crippen LogP contribution in [0, 0.1) is 0 Å². The average Bonchev–Trinajstić information content (AvgIpc) is 3.12. The fraction of sp³-hybridized carbons (Fsp3) is 0.526. The highest BCUT2D eigenvalue weighted by atomic mass is 16.6. The maximum atomic E-state index is 5.88. The third-order valence-corrected chi connectivity index (χ3v) is 4.44. The SMILES string of the molecule is Nc1nonc1NCCCOc1cccc(C2=NCCCCCCC2)c1. The molecule has 0 bridgehead atoms. The summed E-state index contributed by atoms with van der Waals surface area (Å²) in [5.74, 6) is 1.63. The number of nitrogens with one attached hydrogen (secondary N) is 1. The van der Waals surface area contributed by atoms with Crippen LogP contribution in [0.2, 0.25) is 0 Å². The summed E-state index contributed by atoms with van der Waals surface area (Å²) in [6.45, 7) is 2.23. The summed E-state index contributed by atoms with van der Waals surface area (Å²) in [7, 11) is 0. The molecule has 2 aromatic rings. The molecular formula is C19H27N5O2. The molecule has 1 aliphatic rings. The van der Waals surface area contributed by atoms with Gasteiger partial charge in [0.05, 0.1) is 6.61 Å². The minimum atomic E-state index is 0.273. The van der Waals surface area contributed by atoms with Gasteiger partial charge in [0.15, 0.2) is 0 Å². The summed E-state index contributed by atoms with van der Waals surface area (Å²) in [6.07, 6.45) is 8.21. The van der Waals surface area contributed by atoms with Gasteiger partial charge in [0, 0.05) is 18.8 Å². The number of anilines is 2. The molecule has 0 spiro atoms. The summed E-state index contributed by atoms with van der Waals surface area (Å²) >= 11 is 0. The molecule has 0 fully saturated rings. The van der Waals surface area contributed by atoms with Crippen molar-refractivity contribution in [3.63, 3.8) is 0 Å². The number of benzene rings is 1.